The van der Waals surface area contributed by atoms with E-state index >= 15 is 0 Å². The van der Waals surface area contributed by atoms with Crippen LogP contribution in [0.1, 0.15) is 106 Å². The number of hydrogen-bond donors (Lipinski definition) is 0. The maximum absolute atomic E-state index is 12.3. The highest BCUT2D eigenvalue weighted by Gasteiger charge is 2.12. The molecule has 0 bridgehead atoms. The van der Waals surface area contributed by atoms with Gasteiger partial charge in [0.15, 0.2) is 11.6 Å². The van der Waals surface area contributed by atoms with Crippen LogP contribution in [0.2, 0.25) is 0 Å². The van der Waals surface area contributed by atoms with Crippen LogP contribution in [-0.2, 0) is 0 Å². The van der Waals surface area contributed by atoms with Crippen molar-refractivity contribution in [2.75, 3.05) is 0 Å². The fourth-order valence-corrected chi connectivity index (χ4v) is 3.05. The van der Waals surface area contributed by atoms with Crippen molar-refractivity contribution in [3.8, 4) is 0 Å². The predicted molar refractivity (Wildman–Crippen MR) is 102 cm³/mol. The molecule has 1 unspecified atom stereocenters. The first kappa shape index (κ1) is 20.6. The predicted octanol–water partition coefficient (Wildman–Crippen LogP) is 6.63. The Morgan fingerprint density at radius 1 is 0.750 bits per heavy atom. The number of rotatable bonds is 13. The second kappa shape index (κ2) is 12.0. The number of benzene rings is 1. The highest BCUT2D eigenvalue weighted by molar-refractivity contribution is 5.99. The Hall–Kier alpha value is -1.44. The van der Waals surface area contributed by atoms with Crippen LogP contribution in [0, 0.1) is 5.92 Å². The molecule has 1 aromatic carbocycles. The van der Waals surface area contributed by atoms with Crippen LogP contribution in [0.5, 0.6) is 0 Å². The molecule has 0 amide bonds. The van der Waals surface area contributed by atoms with Gasteiger partial charge in [-0.05, 0) is 18.8 Å². The summed E-state index contributed by atoms with van der Waals surface area (Å²) in [5.74, 6) is 1.05. The zero-order valence-electron chi connectivity index (χ0n) is 15.8. The van der Waals surface area contributed by atoms with Gasteiger partial charge in [-0.25, -0.2) is 0 Å². The SMILES string of the molecule is CCCCCC(=O)c1ccc(C(=O)CCC(CC)CCCC)cc1. The number of ketones is 2. The largest absolute Gasteiger partial charge is 0.294 e. The van der Waals surface area contributed by atoms with E-state index in [0.717, 1.165) is 43.2 Å². The van der Waals surface area contributed by atoms with Crippen molar-refractivity contribution in [1.29, 1.82) is 0 Å². The Labute approximate surface area is 148 Å². The molecule has 1 aromatic rings. The molecular formula is C22H34O2. The van der Waals surface area contributed by atoms with Gasteiger partial charge in [0.1, 0.15) is 0 Å². The van der Waals surface area contributed by atoms with Gasteiger partial charge in [0.2, 0.25) is 0 Å². The fourth-order valence-electron chi connectivity index (χ4n) is 3.05. The Morgan fingerprint density at radius 3 is 1.79 bits per heavy atom. The van der Waals surface area contributed by atoms with Crippen LogP contribution in [-0.4, -0.2) is 11.6 Å². The van der Waals surface area contributed by atoms with Gasteiger partial charge in [0, 0.05) is 24.0 Å². The third-order valence-electron chi connectivity index (χ3n) is 4.86. The summed E-state index contributed by atoms with van der Waals surface area (Å²) in [6.07, 6.45) is 10.2. The lowest BCUT2D eigenvalue weighted by Gasteiger charge is -2.13. The average Bonchev–Trinajstić information content (AvgIpc) is 2.62. The van der Waals surface area contributed by atoms with Crippen molar-refractivity contribution in [1.82, 2.24) is 0 Å². The number of carbonyl (C=O) groups excluding carboxylic acids is 2. The van der Waals surface area contributed by atoms with Crippen LogP contribution in [0.25, 0.3) is 0 Å². The molecule has 2 nitrogen and oxygen atoms in total. The maximum atomic E-state index is 12.3. The summed E-state index contributed by atoms with van der Waals surface area (Å²) in [5, 5.41) is 0. The first-order chi connectivity index (χ1) is 11.6. The van der Waals surface area contributed by atoms with E-state index in [9.17, 15) is 9.59 Å². The van der Waals surface area contributed by atoms with Crippen molar-refractivity contribution < 1.29 is 9.59 Å². The summed E-state index contributed by atoms with van der Waals surface area (Å²) in [6, 6.07) is 7.27. The van der Waals surface area contributed by atoms with E-state index in [-0.39, 0.29) is 11.6 Å². The molecule has 0 heterocycles. The number of carbonyl (C=O) groups is 2. The highest BCUT2D eigenvalue weighted by Crippen LogP contribution is 2.20. The van der Waals surface area contributed by atoms with Crippen molar-refractivity contribution in [3.05, 3.63) is 35.4 Å². The molecule has 0 spiro atoms. The molecular weight excluding hydrogens is 296 g/mol. The quantitative estimate of drug-likeness (QED) is 0.300. The molecule has 0 aliphatic carbocycles. The summed E-state index contributed by atoms with van der Waals surface area (Å²) in [5.41, 5.74) is 1.47. The van der Waals surface area contributed by atoms with Crippen LogP contribution in [0.3, 0.4) is 0 Å². The van der Waals surface area contributed by atoms with E-state index in [1.807, 2.05) is 24.3 Å². The Bertz CT molecular complexity index is 487. The minimum Gasteiger partial charge on any atom is -0.294 e. The molecule has 0 aliphatic rings. The van der Waals surface area contributed by atoms with Crippen molar-refractivity contribution in [2.24, 2.45) is 5.92 Å². The zero-order valence-corrected chi connectivity index (χ0v) is 15.8. The second-order valence-electron chi connectivity index (χ2n) is 6.84. The van der Waals surface area contributed by atoms with Gasteiger partial charge in [-0.3, -0.25) is 9.59 Å². The third kappa shape index (κ3) is 7.42. The normalized spacial score (nSPS) is 12.1. The minimum atomic E-state index is 0.188. The van der Waals surface area contributed by atoms with Gasteiger partial charge in [-0.1, -0.05) is 83.6 Å². The Kier molecular flexibility index (Phi) is 10.3. The van der Waals surface area contributed by atoms with Crippen LogP contribution >= 0.6 is 0 Å². The van der Waals surface area contributed by atoms with Gasteiger partial charge in [-0.2, -0.15) is 0 Å². The van der Waals surface area contributed by atoms with E-state index < -0.39 is 0 Å². The average molecular weight is 331 g/mol. The van der Waals surface area contributed by atoms with Gasteiger partial charge in [0.05, 0.1) is 0 Å². The summed E-state index contributed by atoms with van der Waals surface area (Å²) in [4.78, 5) is 24.4. The molecule has 0 aromatic heterocycles. The number of Topliss-reactive ketones (excluding diaryl/α,β-unsaturated/α-hetero) is 2. The van der Waals surface area contributed by atoms with Crippen LogP contribution < -0.4 is 0 Å². The van der Waals surface area contributed by atoms with E-state index in [1.54, 1.807) is 0 Å². The van der Waals surface area contributed by atoms with Gasteiger partial charge in [-0.15, -0.1) is 0 Å². The van der Waals surface area contributed by atoms with E-state index in [1.165, 1.54) is 19.3 Å². The minimum absolute atomic E-state index is 0.188. The first-order valence-electron chi connectivity index (χ1n) is 9.78. The Balaban J connectivity index is 2.49. The molecule has 134 valence electrons. The summed E-state index contributed by atoms with van der Waals surface area (Å²) < 4.78 is 0. The number of hydrogen-bond acceptors (Lipinski definition) is 2. The van der Waals surface area contributed by atoms with Gasteiger partial charge < -0.3 is 0 Å². The van der Waals surface area contributed by atoms with Gasteiger partial charge in [0.25, 0.3) is 0 Å². The fraction of sp³-hybridized carbons (Fsp3) is 0.636. The summed E-state index contributed by atoms with van der Waals surface area (Å²) >= 11 is 0. The topological polar surface area (TPSA) is 34.1 Å². The van der Waals surface area contributed by atoms with Crippen LogP contribution in [0.15, 0.2) is 24.3 Å². The third-order valence-corrected chi connectivity index (χ3v) is 4.86. The lowest BCUT2D eigenvalue weighted by atomic mass is 9.92. The summed E-state index contributed by atoms with van der Waals surface area (Å²) in [6.45, 7) is 6.56. The monoisotopic (exact) mass is 330 g/mol. The molecule has 24 heavy (non-hydrogen) atoms. The maximum Gasteiger partial charge on any atom is 0.162 e. The smallest absolute Gasteiger partial charge is 0.162 e. The molecule has 0 fully saturated rings. The zero-order chi connectivity index (χ0) is 17.8. The summed E-state index contributed by atoms with van der Waals surface area (Å²) in [7, 11) is 0. The molecule has 1 atom stereocenters. The van der Waals surface area contributed by atoms with Crippen molar-refractivity contribution >= 4 is 11.6 Å². The van der Waals surface area contributed by atoms with E-state index in [2.05, 4.69) is 20.8 Å². The number of unbranched alkanes of at least 4 members (excludes halogenated alkanes) is 3. The molecule has 0 saturated heterocycles. The molecule has 0 saturated carbocycles. The first-order valence-corrected chi connectivity index (χ1v) is 9.78. The molecule has 2 heteroatoms. The van der Waals surface area contributed by atoms with Crippen molar-refractivity contribution in [3.63, 3.8) is 0 Å². The van der Waals surface area contributed by atoms with Crippen molar-refractivity contribution in [2.45, 2.75) is 85.0 Å². The molecule has 1 rings (SSSR count). The van der Waals surface area contributed by atoms with Gasteiger partial charge >= 0.3 is 0 Å². The Morgan fingerprint density at radius 2 is 1.29 bits per heavy atom. The molecule has 0 radical (unpaired) electrons. The van der Waals surface area contributed by atoms with E-state index in [0.29, 0.717) is 18.8 Å². The standard InChI is InChI=1S/C22H34O2/c1-4-7-9-11-21(23)19-13-15-20(16-14-19)22(24)17-12-18(6-3)10-8-5-2/h13-16,18H,4-12,17H2,1-3H3. The highest BCUT2D eigenvalue weighted by atomic mass is 16.1. The lowest BCUT2D eigenvalue weighted by Crippen LogP contribution is -2.06. The lowest BCUT2D eigenvalue weighted by molar-refractivity contribution is 0.0963. The van der Waals surface area contributed by atoms with Crippen LogP contribution in [0.4, 0.5) is 0 Å². The molecule has 0 aliphatic heterocycles. The molecule has 0 N–H and O–H groups in total. The second-order valence-corrected chi connectivity index (χ2v) is 6.84. The van der Waals surface area contributed by atoms with E-state index in [4.69, 9.17) is 0 Å².